The van der Waals surface area contributed by atoms with Gasteiger partial charge in [0.05, 0.1) is 23.0 Å². The van der Waals surface area contributed by atoms with Crippen molar-refractivity contribution in [2.75, 3.05) is 13.7 Å². The molecule has 1 aliphatic rings. The lowest BCUT2D eigenvalue weighted by Gasteiger charge is -2.12. The highest BCUT2D eigenvalue weighted by molar-refractivity contribution is 9.10. The zero-order chi connectivity index (χ0) is 21.0. The predicted molar refractivity (Wildman–Crippen MR) is 114 cm³/mol. The molecule has 0 bridgehead atoms. The molecule has 150 valence electrons. The molecule has 1 aliphatic heterocycles. The summed E-state index contributed by atoms with van der Waals surface area (Å²) < 4.78 is 10.5. The molecule has 3 rings (SSSR count). The van der Waals surface area contributed by atoms with Crippen LogP contribution in [0.2, 0.25) is 0 Å². The van der Waals surface area contributed by atoms with Crippen LogP contribution in [-0.2, 0) is 20.9 Å². The summed E-state index contributed by atoms with van der Waals surface area (Å²) in [5, 5.41) is -0.293. The van der Waals surface area contributed by atoms with Crippen molar-refractivity contribution in [1.29, 1.82) is 0 Å². The van der Waals surface area contributed by atoms with Gasteiger partial charge in [-0.15, -0.1) is 0 Å². The molecule has 0 atom stereocenters. The van der Waals surface area contributed by atoms with Gasteiger partial charge in [0.25, 0.3) is 11.1 Å². The van der Waals surface area contributed by atoms with Crippen molar-refractivity contribution in [1.82, 2.24) is 4.90 Å². The van der Waals surface area contributed by atoms with Gasteiger partial charge in [-0.25, -0.2) is 4.79 Å². The van der Waals surface area contributed by atoms with Crippen molar-refractivity contribution >= 4 is 50.9 Å². The van der Waals surface area contributed by atoms with Crippen LogP contribution in [0.1, 0.15) is 16.7 Å². The maximum atomic E-state index is 12.7. The summed E-state index contributed by atoms with van der Waals surface area (Å²) in [5.41, 5.74) is 2.74. The monoisotopic (exact) mass is 475 g/mol. The molecular formula is C21H18BrNO5S. The van der Waals surface area contributed by atoms with Crippen LogP contribution < -0.4 is 4.74 Å². The van der Waals surface area contributed by atoms with Crippen LogP contribution >= 0.6 is 27.7 Å². The van der Waals surface area contributed by atoms with Gasteiger partial charge >= 0.3 is 5.97 Å². The number of carbonyl (C=O) groups excluding carboxylic acids is 3. The number of esters is 1. The zero-order valence-corrected chi connectivity index (χ0v) is 18.2. The van der Waals surface area contributed by atoms with E-state index in [9.17, 15) is 14.4 Å². The number of hydrogen-bond acceptors (Lipinski definition) is 6. The number of methoxy groups -OCH3 is 1. The molecule has 0 aromatic heterocycles. The summed E-state index contributed by atoms with van der Waals surface area (Å²) in [6.45, 7) is 2.02. The summed E-state index contributed by atoms with van der Waals surface area (Å²) in [6.07, 6.45) is 1.66. The fourth-order valence-corrected chi connectivity index (χ4v) is 3.93. The van der Waals surface area contributed by atoms with E-state index in [2.05, 4.69) is 20.7 Å². The lowest BCUT2D eigenvalue weighted by Crippen LogP contribution is -2.27. The molecule has 0 spiro atoms. The first-order valence-electron chi connectivity index (χ1n) is 8.67. The van der Waals surface area contributed by atoms with E-state index in [-0.39, 0.29) is 24.3 Å². The van der Waals surface area contributed by atoms with Crippen molar-refractivity contribution in [3.63, 3.8) is 0 Å². The number of thioether (sulfide) groups is 1. The third-order valence-corrected chi connectivity index (χ3v) is 5.69. The normalized spacial score (nSPS) is 15.1. The summed E-state index contributed by atoms with van der Waals surface area (Å²) >= 11 is 4.30. The molecule has 0 unspecified atom stereocenters. The molecule has 0 aliphatic carbocycles. The SMILES string of the molecule is COC(=O)COc1ccc(/C=C2\SC(=O)N(Cc3ccc(C)cc3)C2=O)cc1Br. The van der Waals surface area contributed by atoms with Crippen molar-refractivity contribution in [2.45, 2.75) is 13.5 Å². The van der Waals surface area contributed by atoms with Crippen LogP contribution in [0.3, 0.4) is 0 Å². The van der Waals surface area contributed by atoms with Crippen LogP contribution in [0.15, 0.2) is 51.8 Å². The molecule has 29 heavy (non-hydrogen) atoms. The molecular weight excluding hydrogens is 458 g/mol. The second-order valence-electron chi connectivity index (χ2n) is 6.31. The highest BCUT2D eigenvalue weighted by Crippen LogP contribution is 2.34. The van der Waals surface area contributed by atoms with Gasteiger partial charge < -0.3 is 9.47 Å². The lowest BCUT2D eigenvalue weighted by atomic mass is 10.1. The van der Waals surface area contributed by atoms with E-state index in [1.54, 1.807) is 24.3 Å². The fourth-order valence-electron chi connectivity index (χ4n) is 2.58. The second-order valence-corrected chi connectivity index (χ2v) is 8.16. The van der Waals surface area contributed by atoms with Gasteiger partial charge in [0.15, 0.2) is 6.61 Å². The number of nitrogens with zero attached hydrogens (tertiary/aromatic N) is 1. The van der Waals surface area contributed by atoms with E-state index in [1.807, 2.05) is 31.2 Å². The summed E-state index contributed by atoms with van der Waals surface area (Å²) in [4.78, 5) is 37.8. The topological polar surface area (TPSA) is 72.9 Å². The van der Waals surface area contributed by atoms with E-state index >= 15 is 0 Å². The minimum absolute atomic E-state index is 0.202. The average molecular weight is 476 g/mol. The van der Waals surface area contributed by atoms with E-state index in [0.717, 1.165) is 28.5 Å². The Morgan fingerprint density at radius 3 is 2.55 bits per heavy atom. The standard InChI is InChI=1S/C21H18BrNO5S/c1-13-3-5-14(6-4-13)11-23-20(25)18(29-21(23)26)10-15-7-8-17(16(22)9-15)28-12-19(24)27-2/h3-10H,11-12H2,1-2H3/b18-10-. The van der Waals surface area contributed by atoms with Crippen LogP contribution in [-0.4, -0.2) is 35.7 Å². The minimum Gasteiger partial charge on any atom is -0.481 e. The molecule has 6 nitrogen and oxygen atoms in total. The summed E-state index contributed by atoms with van der Waals surface area (Å²) in [6, 6.07) is 12.9. The molecule has 2 aromatic carbocycles. The number of rotatable bonds is 6. The maximum absolute atomic E-state index is 12.7. The van der Waals surface area contributed by atoms with Crippen molar-refractivity contribution in [3.8, 4) is 5.75 Å². The van der Waals surface area contributed by atoms with Gasteiger partial charge in [-0.2, -0.15) is 0 Å². The van der Waals surface area contributed by atoms with E-state index in [0.29, 0.717) is 15.1 Å². The molecule has 0 saturated carbocycles. The highest BCUT2D eigenvalue weighted by Gasteiger charge is 2.34. The number of ether oxygens (including phenoxy) is 2. The van der Waals surface area contributed by atoms with Gasteiger partial charge in [-0.05, 0) is 64.0 Å². The maximum Gasteiger partial charge on any atom is 0.343 e. The van der Waals surface area contributed by atoms with Crippen LogP contribution in [0, 0.1) is 6.92 Å². The number of amides is 2. The average Bonchev–Trinajstić information content (AvgIpc) is 2.96. The Kier molecular flexibility index (Phi) is 6.76. The summed E-state index contributed by atoms with van der Waals surface area (Å²) in [7, 11) is 1.29. The van der Waals surface area contributed by atoms with Gasteiger partial charge in [0.1, 0.15) is 5.75 Å². The Morgan fingerprint density at radius 1 is 1.17 bits per heavy atom. The molecule has 2 amide bonds. The van der Waals surface area contributed by atoms with Gasteiger partial charge in [-0.1, -0.05) is 35.9 Å². The first-order valence-corrected chi connectivity index (χ1v) is 10.3. The van der Waals surface area contributed by atoms with Gasteiger partial charge in [0, 0.05) is 0 Å². The first-order chi connectivity index (χ1) is 13.9. The molecule has 2 aromatic rings. The largest absolute Gasteiger partial charge is 0.481 e. The quantitative estimate of drug-likeness (QED) is 0.450. The third kappa shape index (κ3) is 5.27. The Hall–Kier alpha value is -2.58. The van der Waals surface area contributed by atoms with Crippen LogP contribution in [0.4, 0.5) is 4.79 Å². The Balaban J connectivity index is 1.72. The first kappa shape index (κ1) is 21.1. The molecule has 1 fully saturated rings. The predicted octanol–water partition coefficient (Wildman–Crippen LogP) is 4.55. The number of carbonyl (C=O) groups is 3. The molecule has 0 radical (unpaired) electrons. The fraction of sp³-hybridized carbons (Fsp3) is 0.190. The third-order valence-electron chi connectivity index (χ3n) is 4.16. The number of imide groups is 1. The minimum atomic E-state index is -0.483. The molecule has 8 heteroatoms. The van der Waals surface area contributed by atoms with Crippen molar-refractivity contribution < 1.29 is 23.9 Å². The second kappa shape index (κ2) is 9.28. The number of benzene rings is 2. The Labute approximate surface area is 181 Å². The lowest BCUT2D eigenvalue weighted by molar-refractivity contribution is -0.142. The Bertz CT molecular complexity index is 987. The number of halogens is 1. The number of hydrogen-bond donors (Lipinski definition) is 0. The van der Waals surface area contributed by atoms with Gasteiger partial charge in [0.2, 0.25) is 0 Å². The highest BCUT2D eigenvalue weighted by atomic mass is 79.9. The van der Waals surface area contributed by atoms with Crippen LogP contribution in [0.25, 0.3) is 6.08 Å². The van der Waals surface area contributed by atoms with E-state index < -0.39 is 5.97 Å². The van der Waals surface area contributed by atoms with E-state index in [1.165, 1.54) is 12.0 Å². The Morgan fingerprint density at radius 2 is 1.90 bits per heavy atom. The molecule has 0 N–H and O–H groups in total. The zero-order valence-electron chi connectivity index (χ0n) is 15.8. The van der Waals surface area contributed by atoms with Gasteiger partial charge in [-0.3, -0.25) is 14.5 Å². The van der Waals surface area contributed by atoms with E-state index in [4.69, 9.17) is 4.74 Å². The van der Waals surface area contributed by atoms with Crippen molar-refractivity contribution in [2.24, 2.45) is 0 Å². The van der Waals surface area contributed by atoms with Crippen LogP contribution in [0.5, 0.6) is 5.75 Å². The molecule has 1 saturated heterocycles. The smallest absolute Gasteiger partial charge is 0.343 e. The summed E-state index contributed by atoms with van der Waals surface area (Å²) in [5.74, 6) is -0.328. The number of aryl methyl sites for hydroxylation is 1. The van der Waals surface area contributed by atoms with Crippen molar-refractivity contribution in [3.05, 3.63) is 68.5 Å². The molecule has 1 heterocycles.